The van der Waals surface area contributed by atoms with Crippen LogP contribution in [0.2, 0.25) is 0 Å². The first kappa shape index (κ1) is 15.4. The van der Waals surface area contributed by atoms with Crippen molar-refractivity contribution < 1.29 is 29.9 Å². The van der Waals surface area contributed by atoms with Crippen molar-refractivity contribution in [2.24, 2.45) is 0 Å². The molecule has 0 heterocycles. The molecule has 3 aromatic rings. The van der Waals surface area contributed by atoms with Crippen LogP contribution >= 0.6 is 0 Å². The van der Waals surface area contributed by atoms with E-state index in [1.807, 2.05) is 0 Å². The topological polar surface area (TPSA) is 99.4 Å². The van der Waals surface area contributed by atoms with Crippen LogP contribution in [0.15, 0.2) is 60.7 Å². The summed E-state index contributed by atoms with van der Waals surface area (Å²) in [6.07, 6.45) is 0. The Morgan fingerprint density at radius 2 is 0.833 bits per heavy atom. The van der Waals surface area contributed by atoms with Gasteiger partial charge in [0.25, 0.3) is 0 Å². The third kappa shape index (κ3) is 3.44. The quantitative estimate of drug-likeness (QED) is 0.539. The molecule has 6 heteroatoms. The molecule has 0 aromatic heterocycles. The first-order valence-electron chi connectivity index (χ1n) is 7.01. The van der Waals surface area contributed by atoms with Crippen LogP contribution in [0.1, 0.15) is 0 Å². The Bertz CT molecular complexity index is 767. The van der Waals surface area contributed by atoms with Crippen molar-refractivity contribution >= 4 is 0 Å². The summed E-state index contributed by atoms with van der Waals surface area (Å²) < 4.78 is 10.9. The summed E-state index contributed by atoms with van der Waals surface area (Å²) in [4.78, 5) is 0. The van der Waals surface area contributed by atoms with E-state index in [0.717, 1.165) is 0 Å². The fourth-order valence-corrected chi connectivity index (χ4v) is 1.98. The molecule has 0 saturated heterocycles. The largest absolute Gasteiger partial charge is 0.508 e. The molecule has 0 aliphatic rings. The van der Waals surface area contributed by atoms with Crippen LogP contribution in [0, 0.1) is 0 Å². The lowest BCUT2D eigenvalue weighted by molar-refractivity contribution is 0.381. The average Bonchev–Trinajstić information content (AvgIpc) is 2.56. The van der Waals surface area contributed by atoms with Crippen molar-refractivity contribution in [3.8, 4) is 46.0 Å². The highest BCUT2D eigenvalue weighted by molar-refractivity contribution is 5.55. The van der Waals surface area contributed by atoms with E-state index in [-0.39, 0.29) is 34.5 Å². The van der Waals surface area contributed by atoms with Gasteiger partial charge in [0, 0.05) is 12.1 Å². The molecule has 0 unspecified atom stereocenters. The summed E-state index contributed by atoms with van der Waals surface area (Å²) in [5.74, 6) is 0.570. The molecule has 0 bridgehead atoms. The zero-order valence-electron chi connectivity index (χ0n) is 12.4. The van der Waals surface area contributed by atoms with Crippen LogP contribution in [-0.2, 0) is 0 Å². The van der Waals surface area contributed by atoms with Gasteiger partial charge >= 0.3 is 0 Å². The molecule has 0 saturated carbocycles. The normalized spacial score (nSPS) is 10.3. The van der Waals surface area contributed by atoms with Gasteiger partial charge in [0.05, 0.1) is 0 Å². The molecule has 6 nitrogen and oxygen atoms in total. The SMILES string of the molecule is Oc1ccc(Oc2cc(O)c(Oc3ccc(O)cc3)cc2O)cc1. The maximum atomic E-state index is 10.0. The van der Waals surface area contributed by atoms with Crippen molar-refractivity contribution in [1.82, 2.24) is 0 Å². The molecule has 0 aliphatic heterocycles. The minimum Gasteiger partial charge on any atom is -0.508 e. The van der Waals surface area contributed by atoms with Gasteiger partial charge in [-0.3, -0.25) is 0 Å². The second kappa shape index (κ2) is 6.29. The maximum Gasteiger partial charge on any atom is 0.173 e. The molecular formula is C18H14O6. The summed E-state index contributed by atoms with van der Waals surface area (Å²) in [7, 11) is 0. The summed E-state index contributed by atoms with van der Waals surface area (Å²) in [6, 6.07) is 14.3. The molecule has 0 spiro atoms. The number of hydrogen-bond donors (Lipinski definition) is 4. The lowest BCUT2D eigenvalue weighted by atomic mass is 10.2. The summed E-state index contributed by atoms with van der Waals surface area (Å²) >= 11 is 0. The van der Waals surface area contributed by atoms with E-state index in [0.29, 0.717) is 11.5 Å². The Morgan fingerprint density at radius 1 is 0.500 bits per heavy atom. The van der Waals surface area contributed by atoms with Crippen LogP contribution in [0.4, 0.5) is 0 Å². The molecule has 0 atom stereocenters. The fraction of sp³-hybridized carbons (Fsp3) is 0. The Hall–Kier alpha value is -3.54. The fourth-order valence-electron chi connectivity index (χ4n) is 1.98. The van der Waals surface area contributed by atoms with E-state index >= 15 is 0 Å². The monoisotopic (exact) mass is 326 g/mol. The van der Waals surface area contributed by atoms with E-state index in [1.54, 1.807) is 0 Å². The van der Waals surface area contributed by atoms with E-state index < -0.39 is 0 Å². The Labute approximate surface area is 137 Å². The smallest absolute Gasteiger partial charge is 0.173 e. The number of benzene rings is 3. The van der Waals surface area contributed by atoms with E-state index in [9.17, 15) is 20.4 Å². The van der Waals surface area contributed by atoms with Crippen molar-refractivity contribution in [3.05, 3.63) is 60.7 Å². The first-order chi connectivity index (χ1) is 11.5. The Kier molecular flexibility index (Phi) is 4.03. The van der Waals surface area contributed by atoms with Crippen molar-refractivity contribution in [3.63, 3.8) is 0 Å². The van der Waals surface area contributed by atoms with Crippen molar-refractivity contribution in [1.29, 1.82) is 0 Å². The van der Waals surface area contributed by atoms with Gasteiger partial charge < -0.3 is 29.9 Å². The number of aromatic hydroxyl groups is 4. The van der Waals surface area contributed by atoms with Gasteiger partial charge in [-0.1, -0.05) is 0 Å². The van der Waals surface area contributed by atoms with Gasteiger partial charge in [0.15, 0.2) is 23.0 Å². The molecule has 3 rings (SSSR count). The molecule has 24 heavy (non-hydrogen) atoms. The summed E-state index contributed by atoms with van der Waals surface area (Å²) in [5, 5.41) is 38.6. The zero-order chi connectivity index (χ0) is 17.1. The van der Waals surface area contributed by atoms with Crippen molar-refractivity contribution in [2.75, 3.05) is 0 Å². The van der Waals surface area contributed by atoms with Gasteiger partial charge in [-0.05, 0) is 48.5 Å². The van der Waals surface area contributed by atoms with Crippen molar-refractivity contribution in [2.45, 2.75) is 0 Å². The van der Waals surface area contributed by atoms with Gasteiger partial charge in [-0.2, -0.15) is 0 Å². The highest BCUT2D eigenvalue weighted by atomic mass is 16.5. The van der Waals surface area contributed by atoms with E-state index in [2.05, 4.69) is 0 Å². The highest BCUT2D eigenvalue weighted by Crippen LogP contribution is 2.42. The predicted octanol–water partition coefficient (Wildman–Crippen LogP) is 4.09. The van der Waals surface area contributed by atoms with E-state index in [1.165, 1.54) is 60.7 Å². The predicted molar refractivity (Wildman–Crippen MR) is 86.1 cm³/mol. The third-order valence-corrected chi connectivity index (χ3v) is 3.17. The number of ether oxygens (including phenoxy) is 2. The van der Waals surface area contributed by atoms with Crippen LogP contribution in [0.25, 0.3) is 0 Å². The van der Waals surface area contributed by atoms with Crippen LogP contribution in [0.3, 0.4) is 0 Å². The average molecular weight is 326 g/mol. The van der Waals surface area contributed by atoms with Gasteiger partial charge in [0.2, 0.25) is 0 Å². The lowest BCUT2D eigenvalue weighted by Gasteiger charge is -2.12. The molecule has 4 N–H and O–H groups in total. The molecule has 3 aromatic carbocycles. The number of hydrogen-bond acceptors (Lipinski definition) is 6. The van der Waals surface area contributed by atoms with Gasteiger partial charge in [-0.25, -0.2) is 0 Å². The zero-order valence-corrected chi connectivity index (χ0v) is 12.4. The minimum absolute atomic E-state index is 0.0382. The molecule has 0 fully saturated rings. The standard InChI is InChI=1S/C18H14O6/c19-11-1-5-13(6-2-11)23-17-9-16(22)18(10-15(17)21)24-14-7-3-12(20)4-8-14/h1-10,19-22H. The number of rotatable bonds is 4. The first-order valence-corrected chi connectivity index (χ1v) is 7.01. The van der Waals surface area contributed by atoms with E-state index in [4.69, 9.17) is 9.47 Å². The second-order valence-electron chi connectivity index (χ2n) is 4.98. The molecular weight excluding hydrogens is 312 g/mol. The Morgan fingerprint density at radius 3 is 1.17 bits per heavy atom. The molecule has 122 valence electrons. The summed E-state index contributed by atoms with van der Waals surface area (Å²) in [6.45, 7) is 0. The maximum absolute atomic E-state index is 10.0. The summed E-state index contributed by atoms with van der Waals surface area (Å²) in [5.41, 5.74) is 0. The van der Waals surface area contributed by atoms with Gasteiger partial charge in [0.1, 0.15) is 23.0 Å². The van der Waals surface area contributed by atoms with Crippen LogP contribution in [-0.4, -0.2) is 20.4 Å². The lowest BCUT2D eigenvalue weighted by Crippen LogP contribution is -1.88. The highest BCUT2D eigenvalue weighted by Gasteiger charge is 2.13. The number of phenolic OH excluding ortho intramolecular Hbond substituents is 4. The molecule has 0 radical (unpaired) electrons. The third-order valence-electron chi connectivity index (χ3n) is 3.17. The second-order valence-corrected chi connectivity index (χ2v) is 4.98. The minimum atomic E-state index is -0.227. The van der Waals surface area contributed by atoms with Crippen LogP contribution in [0.5, 0.6) is 46.0 Å². The molecule has 0 aliphatic carbocycles. The van der Waals surface area contributed by atoms with Gasteiger partial charge in [-0.15, -0.1) is 0 Å². The molecule has 0 amide bonds. The number of phenols is 4. The van der Waals surface area contributed by atoms with Crippen LogP contribution < -0.4 is 9.47 Å². The Balaban J connectivity index is 1.82.